The molecule has 176 valence electrons. The van der Waals surface area contributed by atoms with E-state index in [4.69, 9.17) is 9.47 Å². The Bertz CT molecular complexity index is 947. The van der Waals surface area contributed by atoms with E-state index in [1.165, 1.54) is 0 Å². The van der Waals surface area contributed by atoms with Crippen LogP contribution in [0.25, 0.3) is 0 Å². The molecule has 1 N–H and O–H groups in total. The number of carbonyl (C=O) groups is 2. The van der Waals surface area contributed by atoms with Crippen molar-refractivity contribution in [1.29, 1.82) is 0 Å². The van der Waals surface area contributed by atoms with E-state index in [9.17, 15) is 9.59 Å². The summed E-state index contributed by atoms with van der Waals surface area (Å²) in [5.41, 5.74) is 0.475. The zero-order valence-corrected chi connectivity index (χ0v) is 19.7. The van der Waals surface area contributed by atoms with Crippen molar-refractivity contribution < 1.29 is 19.1 Å². The van der Waals surface area contributed by atoms with Gasteiger partial charge < -0.3 is 14.8 Å². The maximum absolute atomic E-state index is 13.7. The van der Waals surface area contributed by atoms with Gasteiger partial charge in [0.2, 0.25) is 0 Å². The molecule has 0 aromatic heterocycles. The number of rotatable bonds is 7. The Kier molecular flexibility index (Phi) is 7.18. The number of piperidine rings is 1. The molecule has 2 aromatic carbocycles. The summed E-state index contributed by atoms with van der Waals surface area (Å²) in [6, 6.07) is 19.5. The first kappa shape index (κ1) is 23.5. The first-order valence-electron chi connectivity index (χ1n) is 12.1. The van der Waals surface area contributed by atoms with Crippen molar-refractivity contribution in [3.05, 3.63) is 71.8 Å². The number of hydrogen-bond donors (Lipinski definition) is 1. The minimum absolute atomic E-state index is 0.117. The SMILES string of the molecule is CCC1CCC(C)C2(C(=O)OCc3ccccc3)CNCC1(C(=O)OCc1ccccc1)C2. The molecule has 1 heterocycles. The van der Waals surface area contributed by atoms with E-state index in [-0.39, 0.29) is 37.0 Å². The third-order valence-corrected chi connectivity index (χ3v) is 7.92. The predicted molar refractivity (Wildman–Crippen MR) is 127 cm³/mol. The van der Waals surface area contributed by atoms with Crippen LogP contribution in [0.15, 0.2) is 60.7 Å². The lowest BCUT2D eigenvalue weighted by Gasteiger charge is -2.48. The monoisotopic (exact) mass is 449 g/mol. The summed E-state index contributed by atoms with van der Waals surface area (Å²) in [7, 11) is 0. The van der Waals surface area contributed by atoms with Crippen LogP contribution < -0.4 is 5.32 Å². The van der Waals surface area contributed by atoms with E-state index < -0.39 is 10.8 Å². The van der Waals surface area contributed by atoms with Crippen LogP contribution in [0.2, 0.25) is 0 Å². The van der Waals surface area contributed by atoms with Crippen molar-refractivity contribution in [2.24, 2.45) is 22.7 Å². The molecule has 33 heavy (non-hydrogen) atoms. The summed E-state index contributed by atoms with van der Waals surface area (Å²) >= 11 is 0. The predicted octanol–water partition coefficient (Wildman–Crippen LogP) is 4.90. The van der Waals surface area contributed by atoms with Crippen LogP contribution in [0.1, 0.15) is 50.7 Å². The third-order valence-electron chi connectivity index (χ3n) is 7.92. The molecule has 4 unspecified atom stereocenters. The highest BCUT2D eigenvalue weighted by molar-refractivity contribution is 5.83. The molecule has 5 heteroatoms. The third kappa shape index (κ3) is 4.70. The Hall–Kier alpha value is -2.66. The molecule has 0 spiro atoms. The Labute approximate surface area is 196 Å². The van der Waals surface area contributed by atoms with E-state index in [1.807, 2.05) is 60.7 Å². The maximum Gasteiger partial charge on any atom is 0.314 e. The number of fused-ring (bicyclic) bond motifs is 2. The quantitative estimate of drug-likeness (QED) is 0.610. The normalized spacial score (nSPS) is 29.0. The van der Waals surface area contributed by atoms with Crippen molar-refractivity contribution >= 4 is 11.9 Å². The van der Waals surface area contributed by atoms with Gasteiger partial charge in [0.05, 0.1) is 10.8 Å². The van der Waals surface area contributed by atoms with Gasteiger partial charge in [-0.1, -0.05) is 80.9 Å². The van der Waals surface area contributed by atoms with Crippen molar-refractivity contribution in [2.75, 3.05) is 13.1 Å². The van der Waals surface area contributed by atoms with Crippen molar-refractivity contribution in [1.82, 2.24) is 5.32 Å². The van der Waals surface area contributed by atoms with Gasteiger partial charge in [-0.3, -0.25) is 9.59 Å². The van der Waals surface area contributed by atoms with E-state index in [2.05, 4.69) is 19.2 Å². The Morgan fingerprint density at radius 1 is 0.848 bits per heavy atom. The lowest BCUT2D eigenvalue weighted by Crippen LogP contribution is -2.60. The Balaban J connectivity index is 1.57. The molecule has 0 radical (unpaired) electrons. The van der Waals surface area contributed by atoms with Crippen LogP contribution in [-0.2, 0) is 32.3 Å². The second kappa shape index (κ2) is 10.1. The van der Waals surface area contributed by atoms with Gasteiger partial charge in [-0.05, 0) is 42.2 Å². The van der Waals surface area contributed by atoms with Gasteiger partial charge in [0.1, 0.15) is 13.2 Å². The van der Waals surface area contributed by atoms with Gasteiger partial charge in [-0.2, -0.15) is 0 Å². The summed E-state index contributed by atoms with van der Waals surface area (Å²) in [4.78, 5) is 27.3. The van der Waals surface area contributed by atoms with Crippen LogP contribution in [-0.4, -0.2) is 25.0 Å². The molecule has 2 fully saturated rings. The second-order valence-corrected chi connectivity index (χ2v) is 9.80. The standard InChI is InChI=1S/C28H35NO4/c1-3-24-15-14-21(2)27(25(30)32-16-22-10-6-4-7-11-22)18-28(24,20-29-19-27)26(31)33-17-23-12-8-5-9-13-23/h4-13,21,24,29H,3,14-20H2,1-2H3. The molecule has 1 saturated heterocycles. The molecule has 2 aromatic rings. The van der Waals surface area contributed by atoms with E-state index in [1.54, 1.807) is 0 Å². The number of nitrogens with one attached hydrogen (secondary N) is 1. The first-order valence-corrected chi connectivity index (χ1v) is 12.1. The molecule has 2 bridgehead atoms. The van der Waals surface area contributed by atoms with Crippen LogP contribution >= 0.6 is 0 Å². The van der Waals surface area contributed by atoms with Crippen LogP contribution in [0, 0.1) is 22.7 Å². The van der Waals surface area contributed by atoms with Crippen molar-refractivity contribution in [2.45, 2.75) is 52.7 Å². The molecule has 1 aliphatic carbocycles. The number of hydrogen-bond acceptors (Lipinski definition) is 5. The second-order valence-electron chi connectivity index (χ2n) is 9.80. The highest BCUT2D eigenvalue weighted by Crippen LogP contribution is 2.54. The Morgan fingerprint density at radius 3 is 1.91 bits per heavy atom. The van der Waals surface area contributed by atoms with Crippen LogP contribution in [0.4, 0.5) is 0 Å². The fourth-order valence-corrected chi connectivity index (χ4v) is 5.82. The average Bonchev–Trinajstić information content (AvgIpc) is 2.95. The van der Waals surface area contributed by atoms with Gasteiger partial charge in [0, 0.05) is 13.1 Å². The summed E-state index contributed by atoms with van der Waals surface area (Å²) in [5.74, 6) is -0.117. The first-order chi connectivity index (χ1) is 16.0. The summed E-state index contributed by atoms with van der Waals surface area (Å²) in [6.07, 6.45) is 3.17. The van der Waals surface area contributed by atoms with Gasteiger partial charge in [0.25, 0.3) is 0 Å². The molecule has 5 nitrogen and oxygen atoms in total. The van der Waals surface area contributed by atoms with E-state index in [0.29, 0.717) is 19.5 Å². The van der Waals surface area contributed by atoms with Crippen molar-refractivity contribution in [3.8, 4) is 0 Å². The molecule has 4 atom stereocenters. The number of carbonyl (C=O) groups excluding carboxylic acids is 2. The summed E-state index contributed by atoms with van der Waals surface area (Å²) < 4.78 is 11.8. The molecule has 4 rings (SSSR count). The number of esters is 2. The molecule has 1 aliphatic heterocycles. The van der Waals surface area contributed by atoms with E-state index in [0.717, 1.165) is 30.4 Å². The molecular formula is C28H35NO4. The number of ether oxygens (including phenoxy) is 2. The minimum atomic E-state index is -0.733. The van der Waals surface area contributed by atoms with Crippen LogP contribution in [0.3, 0.4) is 0 Å². The molecule has 1 saturated carbocycles. The fourth-order valence-electron chi connectivity index (χ4n) is 5.82. The summed E-state index contributed by atoms with van der Waals surface area (Å²) in [5, 5.41) is 3.46. The van der Waals surface area contributed by atoms with Crippen molar-refractivity contribution in [3.63, 3.8) is 0 Å². The zero-order chi connectivity index (χ0) is 23.3. The lowest BCUT2D eigenvalue weighted by molar-refractivity contribution is -0.175. The minimum Gasteiger partial charge on any atom is -0.460 e. The molecular weight excluding hydrogens is 414 g/mol. The van der Waals surface area contributed by atoms with Crippen LogP contribution in [0.5, 0.6) is 0 Å². The topological polar surface area (TPSA) is 64.6 Å². The van der Waals surface area contributed by atoms with Gasteiger partial charge in [0.15, 0.2) is 0 Å². The summed E-state index contributed by atoms with van der Waals surface area (Å²) in [6.45, 7) is 5.84. The van der Waals surface area contributed by atoms with Gasteiger partial charge in [-0.25, -0.2) is 0 Å². The number of benzene rings is 2. The van der Waals surface area contributed by atoms with Gasteiger partial charge in [-0.15, -0.1) is 0 Å². The zero-order valence-electron chi connectivity index (χ0n) is 19.7. The largest absolute Gasteiger partial charge is 0.460 e. The highest BCUT2D eigenvalue weighted by Gasteiger charge is 2.60. The Morgan fingerprint density at radius 2 is 1.36 bits per heavy atom. The van der Waals surface area contributed by atoms with E-state index >= 15 is 0 Å². The fraction of sp³-hybridized carbons (Fsp3) is 0.500. The molecule has 2 aliphatic rings. The molecule has 0 amide bonds. The lowest BCUT2D eigenvalue weighted by atomic mass is 9.60. The smallest absolute Gasteiger partial charge is 0.314 e. The highest BCUT2D eigenvalue weighted by atomic mass is 16.5. The maximum atomic E-state index is 13.7. The van der Waals surface area contributed by atoms with Gasteiger partial charge >= 0.3 is 11.9 Å². The average molecular weight is 450 g/mol.